The summed E-state index contributed by atoms with van der Waals surface area (Å²) in [6.07, 6.45) is 0.914. The molecule has 0 radical (unpaired) electrons. The smallest absolute Gasteiger partial charge is 0.414 e. The first-order valence-electron chi connectivity index (χ1n) is 8.25. The van der Waals surface area contributed by atoms with Crippen LogP contribution >= 0.6 is 0 Å². The lowest BCUT2D eigenvalue weighted by Crippen LogP contribution is -2.24. The van der Waals surface area contributed by atoms with Gasteiger partial charge in [0.05, 0.1) is 22.8 Å². The molecule has 26 heavy (non-hydrogen) atoms. The first-order chi connectivity index (χ1) is 12.5. The molecule has 0 unspecified atom stereocenters. The lowest BCUT2D eigenvalue weighted by atomic mass is 10.1. The van der Waals surface area contributed by atoms with Crippen LogP contribution in [0.4, 0.5) is 26.2 Å². The third kappa shape index (κ3) is 4.08. The Labute approximate surface area is 149 Å². The van der Waals surface area contributed by atoms with Crippen LogP contribution in [0.3, 0.4) is 0 Å². The molecule has 1 aliphatic heterocycles. The second-order valence-electron chi connectivity index (χ2n) is 5.88. The number of cyclic esters (lactones) is 1. The number of amides is 1. The Hall–Kier alpha value is -3.16. The molecule has 0 aliphatic carbocycles. The van der Waals surface area contributed by atoms with Crippen LogP contribution in [0.2, 0.25) is 0 Å². The molecule has 8 heteroatoms. The Morgan fingerprint density at radius 1 is 1.27 bits per heavy atom. The van der Waals surface area contributed by atoms with E-state index in [1.54, 1.807) is 12.1 Å². The average Bonchev–Trinajstić information content (AvgIpc) is 3.04. The monoisotopic (exact) mass is 359 g/mol. The van der Waals surface area contributed by atoms with Crippen molar-refractivity contribution in [2.24, 2.45) is 0 Å². The number of aryl methyl sites for hydroxylation is 1. The molecule has 0 atom stereocenters. The van der Waals surface area contributed by atoms with Crippen LogP contribution in [0.25, 0.3) is 0 Å². The van der Waals surface area contributed by atoms with Crippen molar-refractivity contribution in [1.29, 1.82) is 0 Å². The fourth-order valence-electron chi connectivity index (χ4n) is 2.83. The minimum atomic E-state index is -0.520. The zero-order valence-electron chi connectivity index (χ0n) is 14.0. The van der Waals surface area contributed by atoms with Crippen molar-refractivity contribution in [3.05, 3.63) is 64.0 Å². The van der Waals surface area contributed by atoms with Gasteiger partial charge in [0.2, 0.25) is 0 Å². The van der Waals surface area contributed by atoms with Crippen molar-refractivity contribution < 1.29 is 18.8 Å². The highest BCUT2D eigenvalue weighted by Crippen LogP contribution is 2.32. The first-order valence-corrected chi connectivity index (χ1v) is 8.25. The number of rotatable bonds is 7. The quantitative estimate of drug-likeness (QED) is 0.462. The summed E-state index contributed by atoms with van der Waals surface area (Å²) in [7, 11) is 0. The van der Waals surface area contributed by atoms with E-state index >= 15 is 0 Å². The molecule has 1 saturated heterocycles. The van der Waals surface area contributed by atoms with Gasteiger partial charge in [-0.15, -0.1) is 0 Å². The van der Waals surface area contributed by atoms with Crippen LogP contribution in [-0.2, 0) is 11.2 Å². The fraction of sp³-hybridized carbons (Fsp3) is 0.278. The summed E-state index contributed by atoms with van der Waals surface area (Å²) in [6, 6.07) is 10.8. The van der Waals surface area contributed by atoms with Gasteiger partial charge in [0.15, 0.2) is 0 Å². The van der Waals surface area contributed by atoms with E-state index in [-0.39, 0.29) is 18.1 Å². The fourth-order valence-corrected chi connectivity index (χ4v) is 2.83. The van der Waals surface area contributed by atoms with Gasteiger partial charge in [-0.1, -0.05) is 12.1 Å². The standard InChI is InChI=1S/C18H18FN3O4/c19-14-5-1-3-13(11-14)4-2-8-20-16-7-6-15(22(24)25)12-17(16)21-9-10-26-18(21)23/h1,3,5-7,11-12,20H,2,4,8-10H2. The second kappa shape index (κ2) is 7.81. The zero-order chi connectivity index (χ0) is 18.5. The van der Waals surface area contributed by atoms with Crippen molar-refractivity contribution in [2.75, 3.05) is 29.9 Å². The molecule has 136 valence electrons. The number of nitro groups is 1. The highest BCUT2D eigenvalue weighted by Gasteiger charge is 2.27. The molecule has 0 bridgehead atoms. The van der Waals surface area contributed by atoms with Crippen molar-refractivity contribution in [3.63, 3.8) is 0 Å². The summed E-state index contributed by atoms with van der Waals surface area (Å²) in [5, 5.41) is 14.2. The number of carbonyl (C=O) groups is 1. The van der Waals surface area contributed by atoms with Gasteiger partial charge in [-0.25, -0.2) is 9.18 Å². The maximum atomic E-state index is 13.2. The van der Waals surface area contributed by atoms with E-state index in [4.69, 9.17) is 4.74 Å². The van der Waals surface area contributed by atoms with Gasteiger partial charge < -0.3 is 10.1 Å². The molecule has 1 fully saturated rings. The number of nitrogens with one attached hydrogen (secondary N) is 1. The highest BCUT2D eigenvalue weighted by atomic mass is 19.1. The predicted molar refractivity (Wildman–Crippen MR) is 95.0 cm³/mol. The lowest BCUT2D eigenvalue weighted by Gasteiger charge is -2.18. The van der Waals surface area contributed by atoms with Gasteiger partial charge in [-0.2, -0.15) is 0 Å². The number of non-ortho nitro benzene ring substituents is 1. The van der Waals surface area contributed by atoms with Crippen molar-refractivity contribution in [3.8, 4) is 0 Å². The van der Waals surface area contributed by atoms with Crippen LogP contribution in [0.15, 0.2) is 42.5 Å². The average molecular weight is 359 g/mol. The number of hydrogen-bond donors (Lipinski definition) is 1. The van der Waals surface area contributed by atoms with Crippen LogP contribution < -0.4 is 10.2 Å². The van der Waals surface area contributed by atoms with Crippen LogP contribution in [0.5, 0.6) is 0 Å². The number of benzene rings is 2. The minimum Gasteiger partial charge on any atom is -0.447 e. The van der Waals surface area contributed by atoms with E-state index in [0.29, 0.717) is 30.9 Å². The number of hydrogen-bond acceptors (Lipinski definition) is 5. The molecule has 7 nitrogen and oxygen atoms in total. The summed E-state index contributed by atoms with van der Waals surface area (Å²) < 4.78 is 18.1. The first kappa shape index (κ1) is 17.7. The van der Waals surface area contributed by atoms with Crippen molar-refractivity contribution >= 4 is 23.2 Å². The van der Waals surface area contributed by atoms with Gasteiger partial charge >= 0.3 is 6.09 Å². The molecule has 1 heterocycles. The van der Waals surface area contributed by atoms with Crippen molar-refractivity contribution in [1.82, 2.24) is 0 Å². The second-order valence-corrected chi connectivity index (χ2v) is 5.88. The van der Waals surface area contributed by atoms with Gasteiger partial charge in [-0.3, -0.25) is 15.0 Å². The summed E-state index contributed by atoms with van der Waals surface area (Å²) in [4.78, 5) is 23.7. The molecule has 0 aromatic heterocycles. The van der Waals surface area contributed by atoms with E-state index in [1.165, 1.54) is 29.2 Å². The van der Waals surface area contributed by atoms with E-state index in [1.807, 2.05) is 6.07 Å². The lowest BCUT2D eigenvalue weighted by molar-refractivity contribution is -0.384. The Morgan fingerprint density at radius 3 is 2.81 bits per heavy atom. The molecular weight excluding hydrogens is 341 g/mol. The maximum Gasteiger partial charge on any atom is 0.414 e. The third-order valence-corrected chi connectivity index (χ3v) is 4.09. The van der Waals surface area contributed by atoms with Crippen LogP contribution in [0, 0.1) is 15.9 Å². The van der Waals surface area contributed by atoms with E-state index < -0.39 is 11.0 Å². The van der Waals surface area contributed by atoms with Crippen molar-refractivity contribution in [2.45, 2.75) is 12.8 Å². The van der Waals surface area contributed by atoms with E-state index in [2.05, 4.69) is 5.32 Å². The number of nitrogens with zero attached hydrogens (tertiary/aromatic N) is 2. The number of ether oxygens (including phenoxy) is 1. The molecule has 2 aromatic carbocycles. The largest absolute Gasteiger partial charge is 0.447 e. The zero-order valence-corrected chi connectivity index (χ0v) is 14.0. The number of anilines is 2. The summed E-state index contributed by atoms with van der Waals surface area (Å²) >= 11 is 0. The third-order valence-electron chi connectivity index (χ3n) is 4.09. The molecule has 0 saturated carbocycles. The van der Waals surface area contributed by atoms with Gasteiger partial charge in [0.25, 0.3) is 5.69 Å². The normalized spacial score (nSPS) is 13.6. The van der Waals surface area contributed by atoms with Gasteiger partial charge in [0, 0.05) is 18.7 Å². The highest BCUT2D eigenvalue weighted by molar-refractivity contribution is 5.94. The number of halogens is 1. The SMILES string of the molecule is O=C1OCCN1c1cc([N+](=O)[O-])ccc1NCCCc1cccc(F)c1. The Kier molecular flexibility index (Phi) is 5.31. The van der Waals surface area contributed by atoms with Crippen LogP contribution in [0.1, 0.15) is 12.0 Å². The van der Waals surface area contributed by atoms with E-state index in [9.17, 15) is 19.3 Å². The summed E-state index contributed by atoms with van der Waals surface area (Å²) in [5.74, 6) is -0.263. The molecule has 2 aromatic rings. The van der Waals surface area contributed by atoms with Gasteiger partial charge in [0.1, 0.15) is 12.4 Å². The summed E-state index contributed by atoms with van der Waals surface area (Å²) in [5.41, 5.74) is 1.85. The predicted octanol–water partition coefficient (Wildman–Crippen LogP) is 3.74. The molecule has 0 spiro atoms. The molecule has 3 rings (SSSR count). The minimum absolute atomic E-state index is 0.0926. The molecule has 1 aliphatic rings. The number of nitro benzene ring substituents is 1. The molecule has 1 amide bonds. The Balaban J connectivity index is 1.68. The molecular formula is C18H18FN3O4. The van der Waals surface area contributed by atoms with Crippen LogP contribution in [-0.4, -0.2) is 30.7 Å². The Morgan fingerprint density at radius 2 is 2.12 bits per heavy atom. The molecule has 1 N–H and O–H groups in total. The maximum absolute atomic E-state index is 13.2. The topological polar surface area (TPSA) is 84.7 Å². The number of carbonyl (C=O) groups excluding carboxylic acids is 1. The summed E-state index contributed by atoms with van der Waals surface area (Å²) in [6.45, 7) is 1.17. The van der Waals surface area contributed by atoms with Gasteiger partial charge in [-0.05, 0) is 36.6 Å². The van der Waals surface area contributed by atoms with E-state index in [0.717, 1.165) is 12.0 Å². The Bertz CT molecular complexity index is 828.